The summed E-state index contributed by atoms with van der Waals surface area (Å²) in [6.07, 6.45) is 0. The molecule has 5 heteroatoms. The first-order valence-electron chi connectivity index (χ1n) is 5.42. The van der Waals surface area contributed by atoms with Crippen molar-refractivity contribution in [2.24, 2.45) is 5.92 Å². The lowest BCUT2D eigenvalue weighted by Gasteiger charge is -2.12. The number of hydrogen-bond acceptors (Lipinski definition) is 4. The second kappa shape index (κ2) is 5.06. The summed E-state index contributed by atoms with van der Waals surface area (Å²) in [7, 11) is 0. The Morgan fingerprint density at radius 1 is 1.41 bits per heavy atom. The molecule has 90 valence electrons. The Hall–Kier alpha value is -1.07. The van der Waals surface area contributed by atoms with E-state index in [2.05, 4.69) is 22.9 Å². The summed E-state index contributed by atoms with van der Waals surface area (Å²) in [6.45, 7) is 3.94. The highest BCUT2D eigenvalue weighted by molar-refractivity contribution is 7.81. The Balaban J connectivity index is 2.16. The summed E-state index contributed by atoms with van der Waals surface area (Å²) in [4.78, 5) is 16.2. The lowest BCUT2D eigenvalue weighted by atomic mass is 10.1. The molecule has 0 spiro atoms. The van der Waals surface area contributed by atoms with E-state index in [1.165, 1.54) is 11.3 Å². The fourth-order valence-electron chi connectivity index (χ4n) is 1.41. The molecular formula is C12H14N2OS2. The summed E-state index contributed by atoms with van der Waals surface area (Å²) in [5.41, 5.74) is 0.910. The molecule has 1 aromatic heterocycles. The first-order chi connectivity index (χ1) is 8.08. The molecule has 1 amide bonds. The minimum absolute atomic E-state index is 0.0950. The molecule has 0 aliphatic rings. The number of amides is 1. The summed E-state index contributed by atoms with van der Waals surface area (Å²) >= 11 is 5.76. The van der Waals surface area contributed by atoms with Crippen molar-refractivity contribution in [1.29, 1.82) is 0 Å². The summed E-state index contributed by atoms with van der Waals surface area (Å²) < 4.78 is 1.07. The molecule has 1 heterocycles. The Morgan fingerprint density at radius 2 is 2.12 bits per heavy atom. The van der Waals surface area contributed by atoms with Gasteiger partial charge in [-0.05, 0) is 18.1 Å². The predicted octanol–water partition coefficient (Wildman–Crippen LogP) is 3.19. The van der Waals surface area contributed by atoms with Gasteiger partial charge in [0.2, 0.25) is 5.91 Å². The number of nitrogens with one attached hydrogen (secondary N) is 1. The third-order valence-electron chi connectivity index (χ3n) is 2.42. The van der Waals surface area contributed by atoms with Gasteiger partial charge in [0.1, 0.15) is 0 Å². The summed E-state index contributed by atoms with van der Waals surface area (Å²) in [5.74, 6) is 0.107. The molecule has 0 bridgehead atoms. The zero-order valence-corrected chi connectivity index (χ0v) is 11.4. The van der Waals surface area contributed by atoms with Gasteiger partial charge >= 0.3 is 0 Å². The van der Waals surface area contributed by atoms with E-state index in [0.717, 1.165) is 10.2 Å². The number of hydrogen-bond donors (Lipinski definition) is 2. The number of para-hydroxylation sites is 1. The van der Waals surface area contributed by atoms with E-state index in [4.69, 9.17) is 0 Å². The maximum Gasteiger partial charge on any atom is 0.239 e. The minimum atomic E-state index is -0.304. The van der Waals surface area contributed by atoms with Crippen LogP contribution in [0.1, 0.15) is 13.8 Å². The van der Waals surface area contributed by atoms with Crippen LogP contribution in [0, 0.1) is 5.92 Å². The molecule has 0 aliphatic carbocycles. The van der Waals surface area contributed by atoms with Gasteiger partial charge in [0, 0.05) is 0 Å². The quantitative estimate of drug-likeness (QED) is 0.838. The van der Waals surface area contributed by atoms with Crippen molar-refractivity contribution in [3.05, 3.63) is 24.3 Å². The molecule has 0 saturated carbocycles. The van der Waals surface area contributed by atoms with Crippen molar-refractivity contribution < 1.29 is 4.79 Å². The van der Waals surface area contributed by atoms with Gasteiger partial charge in [0.25, 0.3) is 0 Å². The van der Waals surface area contributed by atoms with Crippen LogP contribution < -0.4 is 5.32 Å². The molecule has 2 rings (SSSR count). The smallest absolute Gasteiger partial charge is 0.239 e. The molecule has 1 aromatic carbocycles. The van der Waals surface area contributed by atoms with Gasteiger partial charge in [0.15, 0.2) is 5.13 Å². The van der Waals surface area contributed by atoms with Crippen molar-refractivity contribution >= 4 is 45.2 Å². The van der Waals surface area contributed by atoms with Crippen molar-refractivity contribution in [1.82, 2.24) is 4.98 Å². The number of carbonyl (C=O) groups is 1. The number of fused-ring (bicyclic) bond motifs is 1. The first-order valence-corrected chi connectivity index (χ1v) is 6.75. The van der Waals surface area contributed by atoms with E-state index in [-0.39, 0.29) is 17.1 Å². The molecule has 0 radical (unpaired) electrons. The third-order valence-corrected chi connectivity index (χ3v) is 4.21. The van der Waals surface area contributed by atoms with Crippen LogP contribution in [0.4, 0.5) is 5.13 Å². The SMILES string of the molecule is CC(C)C(S)C(=O)Nc1nc2ccccc2s1. The van der Waals surface area contributed by atoms with Crippen molar-refractivity contribution in [2.45, 2.75) is 19.1 Å². The minimum Gasteiger partial charge on any atom is -0.301 e. The van der Waals surface area contributed by atoms with Crippen LogP contribution in [0.25, 0.3) is 10.2 Å². The molecule has 1 N–H and O–H groups in total. The van der Waals surface area contributed by atoms with Crippen LogP contribution in [0.2, 0.25) is 0 Å². The van der Waals surface area contributed by atoms with E-state index in [1.54, 1.807) is 0 Å². The van der Waals surface area contributed by atoms with Gasteiger partial charge in [-0.3, -0.25) is 4.79 Å². The fraction of sp³-hybridized carbons (Fsp3) is 0.333. The predicted molar refractivity (Wildman–Crippen MR) is 75.9 cm³/mol. The molecule has 17 heavy (non-hydrogen) atoms. The monoisotopic (exact) mass is 266 g/mol. The van der Waals surface area contributed by atoms with E-state index < -0.39 is 0 Å². The second-order valence-electron chi connectivity index (χ2n) is 4.16. The molecule has 3 nitrogen and oxygen atoms in total. The zero-order valence-electron chi connectivity index (χ0n) is 9.68. The number of thiol groups is 1. The highest BCUT2D eigenvalue weighted by atomic mass is 32.1. The van der Waals surface area contributed by atoms with Gasteiger partial charge in [-0.2, -0.15) is 12.6 Å². The van der Waals surface area contributed by atoms with Crippen LogP contribution in [0.15, 0.2) is 24.3 Å². The number of anilines is 1. The van der Waals surface area contributed by atoms with Gasteiger partial charge in [0.05, 0.1) is 15.5 Å². The Morgan fingerprint density at radius 3 is 2.76 bits per heavy atom. The molecule has 0 saturated heterocycles. The number of nitrogens with zero attached hydrogens (tertiary/aromatic N) is 1. The van der Waals surface area contributed by atoms with Crippen LogP contribution in [0.5, 0.6) is 0 Å². The van der Waals surface area contributed by atoms with E-state index in [0.29, 0.717) is 5.13 Å². The number of benzene rings is 1. The fourth-order valence-corrected chi connectivity index (χ4v) is 2.34. The first kappa shape index (κ1) is 12.4. The molecule has 1 atom stereocenters. The number of rotatable bonds is 3. The van der Waals surface area contributed by atoms with Crippen LogP contribution >= 0.6 is 24.0 Å². The van der Waals surface area contributed by atoms with E-state index in [9.17, 15) is 4.79 Å². The van der Waals surface area contributed by atoms with Gasteiger partial charge in [-0.25, -0.2) is 4.98 Å². The lowest BCUT2D eigenvalue weighted by Crippen LogP contribution is -2.27. The van der Waals surface area contributed by atoms with Gasteiger partial charge in [-0.1, -0.05) is 37.3 Å². The average molecular weight is 266 g/mol. The van der Waals surface area contributed by atoms with Crippen LogP contribution in [-0.2, 0) is 4.79 Å². The molecule has 0 aliphatic heterocycles. The highest BCUT2D eigenvalue weighted by Gasteiger charge is 2.18. The number of thiazole rings is 1. The maximum atomic E-state index is 11.8. The highest BCUT2D eigenvalue weighted by Crippen LogP contribution is 2.26. The largest absolute Gasteiger partial charge is 0.301 e. The third kappa shape index (κ3) is 2.79. The number of carbonyl (C=O) groups excluding carboxylic acids is 1. The average Bonchev–Trinajstić information content (AvgIpc) is 2.69. The Labute approximate surface area is 110 Å². The maximum absolute atomic E-state index is 11.8. The topological polar surface area (TPSA) is 42.0 Å². The van der Waals surface area contributed by atoms with E-state index >= 15 is 0 Å². The molecule has 0 fully saturated rings. The van der Waals surface area contributed by atoms with Crippen LogP contribution in [0.3, 0.4) is 0 Å². The van der Waals surface area contributed by atoms with Crippen molar-refractivity contribution in [3.63, 3.8) is 0 Å². The van der Waals surface area contributed by atoms with Crippen LogP contribution in [-0.4, -0.2) is 16.1 Å². The van der Waals surface area contributed by atoms with Crippen molar-refractivity contribution in [2.75, 3.05) is 5.32 Å². The second-order valence-corrected chi connectivity index (χ2v) is 5.75. The van der Waals surface area contributed by atoms with E-state index in [1.807, 2.05) is 38.1 Å². The lowest BCUT2D eigenvalue weighted by molar-refractivity contribution is -0.116. The Kier molecular flexibility index (Phi) is 3.69. The molecule has 2 aromatic rings. The normalized spacial score (nSPS) is 12.9. The Bertz CT molecular complexity index is 503. The van der Waals surface area contributed by atoms with Crippen molar-refractivity contribution in [3.8, 4) is 0 Å². The molecular weight excluding hydrogens is 252 g/mol. The number of aromatic nitrogens is 1. The molecule has 1 unspecified atom stereocenters. The van der Waals surface area contributed by atoms with Gasteiger partial charge in [-0.15, -0.1) is 0 Å². The summed E-state index contributed by atoms with van der Waals surface area (Å²) in [5, 5.41) is 3.14. The zero-order chi connectivity index (χ0) is 12.4. The standard InChI is InChI=1S/C12H14N2OS2/c1-7(2)10(16)11(15)14-12-13-8-5-3-4-6-9(8)17-12/h3-7,10,16H,1-2H3,(H,13,14,15). The summed E-state index contributed by atoms with van der Waals surface area (Å²) in [6, 6.07) is 7.82. The van der Waals surface area contributed by atoms with Gasteiger partial charge < -0.3 is 5.32 Å².